The molecule has 4 nitrogen and oxygen atoms in total. The lowest BCUT2D eigenvalue weighted by molar-refractivity contribution is -0.137. The monoisotopic (exact) mass is 310 g/mol. The predicted octanol–water partition coefficient (Wildman–Crippen LogP) is 4.37. The third-order valence-corrected chi connectivity index (χ3v) is 2.83. The second-order valence-corrected chi connectivity index (χ2v) is 4.29. The fraction of sp³-hybridized carbons (Fsp3) is 0.0714. The number of hydrogen-bond acceptors (Lipinski definition) is 4. The summed E-state index contributed by atoms with van der Waals surface area (Å²) in [6.07, 6.45) is -4.57. The van der Waals surface area contributed by atoms with E-state index in [1.54, 1.807) is 6.07 Å². The Morgan fingerprint density at radius 3 is 2.27 bits per heavy atom. The van der Waals surface area contributed by atoms with Gasteiger partial charge in [-0.25, -0.2) is 4.39 Å². The number of nitrogens with zero attached hydrogens (tertiary/aromatic N) is 1. The highest BCUT2D eigenvalue weighted by Gasteiger charge is 2.31. The Kier molecular flexibility index (Phi) is 4.19. The maximum Gasteiger partial charge on any atom is 0.416 e. The lowest BCUT2D eigenvalue weighted by Gasteiger charge is -2.17. The van der Waals surface area contributed by atoms with Gasteiger partial charge in [0.1, 0.15) is 11.9 Å². The predicted molar refractivity (Wildman–Crippen MR) is 72.8 cm³/mol. The topological polar surface area (TPSA) is 70.9 Å². The molecule has 2 rings (SSSR count). The average molecular weight is 310 g/mol. The van der Waals surface area contributed by atoms with E-state index < -0.39 is 17.6 Å². The zero-order valence-corrected chi connectivity index (χ0v) is 10.8. The molecule has 0 bridgehead atoms. The van der Waals surface area contributed by atoms with Gasteiger partial charge in [-0.2, -0.15) is 18.4 Å². The van der Waals surface area contributed by atoms with Crippen molar-refractivity contribution in [3.63, 3.8) is 0 Å². The molecule has 0 radical (unpaired) electrons. The van der Waals surface area contributed by atoms with Gasteiger partial charge in [0, 0.05) is 0 Å². The van der Waals surface area contributed by atoms with E-state index >= 15 is 0 Å². The smallest absolute Gasteiger partial charge is 0.416 e. The second-order valence-electron chi connectivity index (χ2n) is 4.29. The fourth-order valence-corrected chi connectivity index (χ4v) is 1.78. The molecule has 0 amide bonds. The number of halogens is 4. The molecule has 0 aromatic heterocycles. The van der Waals surface area contributed by atoms with Gasteiger partial charge in [-0.3, -0.25) is 0 Å². The third-order valence-electron chi connectivity index (χ3n) is 2.83. The highest BCUT2D eigenvalue weighted by atomic mass is 19.4. The molecule has 0 heterocycles. The molecule has 22 heavy (non-hydrogen) atoms. The van der Waals surface area contributed by atoms with Gasteiger partial charge < -0.3 is 16.0 Å². The highest BCUT2D eigenvalue weighted by molar-refractivity contribution is 5.77. The Morgan fingerprint density at radius 1 is 1.00 bits per heavy atom. The molecule has 0 saturated carbocycles. The van der Waals surface area contributed by atoms with Crippen molar-refractivity contribution < 1.29 is 17.6 Å². The standard InChI is InChI=1S/C14H8F4N3O/c15-10-2-4-12(13(6-10)21-22)20-11-3-1-9(14(16,17)18)5-8(11)7-19/h1-6,20-21H/q-1. The van der Waals surface area contributed by atoms with Gasteiger partial charge in [-0.05, 0) is 36.4 Å². The van der Waals surface area contributed by atoms with E-state index in [1.807, 2.05) is 0 Å². The molecular formula is C14H8F4N3O-. The van der Waals surface area contributed by atoms with Gasteiger partial charge in [-0.15, -0.1) is 0 Å². The van der Waals surface area contributed by atoms with E-state index in [1.165, 1.54) is 11.5 Å². The van der Waals surface area contributed by atoms with E-state index in [4.69, 9.17) is 5.26 Å². The summed E-state index contributed by atoms with van der Waals surface area (Å²) < 4.78 is 50.8. The van der Waals surface area contributed by atoms with Crippen LogP contribution >= 0.6 is 0 Å². The van der Waals surface area contributed by atoms with E-state index in [2.05, 4.69) is 5.32 Å². The van der Waals surface area contributed by atoms with Crippen LogP contribution in [0.15, 0.2) is 36.4 Å². The molecule has 2 aromatic carbocycles. The molecule has 0 saturated heterocycles. The van der Waals surface area contributed by atoms with Crippen LogP contribution in [0.1, 0.15) is 11.1 Å². The Labute approximate surface area is 122 Å². The van der Waals surface area contributed by atoms with Crippen LogP contribution in [0.25, 0.3) is 0 Å². The number of hydrogen-bond donors (Lipinski definition) is 2. The van der Waals surface area contributed by atoms with E-state index in [0.717, 1.165) is 24.3 Å². The summed E-state index contributed by atoms with van der Waals surface area (Å²) in [5.74, 6) is -0.656. The van der Waals surface area contributed by atoms with Crippen LogP contribution in [0, 0.1) is 22.4 Å². The molecule has 0 aliphatic carbocycles. The molecule has 0 aliphatic rings. The molecule has 8 heteroatoms. The number of nitrogens with one attached hydrogen (secondary N) is 2. The molecule has 2 aromatic rings. The Morgan fingerprint density at radius 2 is 1.68 bits per heavy atom. The maximum absolute atomic E-state index is 13.0. The molecular weight excluding hydrogens is 302 g/mol. The summed E-state index contributed by atoms with van der Waals surface area (Å²) >= 11 is 0. The van der Waals surface area contributed by atoms with Crippen LogP contribution in [-0.2, 0) is 6.18 Å². The first-order valence-electron chi connectivity index (χ1n) is 5.91. The lowest BCUT2D eigenvalue weighted by atomic mass is 10.1. The average Bonchev–Trinajstić information content (AvgIpc) is 2.48. The van der Waals surface area contributed by atoms with Crippen molar-refractivity contribution in [2.45, 2.75) is 6.18 Å². The van der Waals surface area contributed by atoms with Crippen molar-refractivity contribution >= 4 is 17.1 Å². The van der Waals surface area contributed by atoms with Crippen LogP contribution in [0.4, 0.5) is 34.6 Å². The van der Waals surface area contributed by atoms with Crippen LogP contribution < -0.4 is 10.8 Å². The Balaban J connectivity index is 2.41. The van der Waals surface area contributed by atoms with Gasteiger partial charge in [0.05, 0.1) is 28.2 Å². The third kappa shape index (κ3) is 3.27. The Hall–Kier alpha value is -2.79. The number of anilines is 3. The highest BCUT2D eigenvalue weighted by Crippen LogP contribution is 2.33. The molecule has 114 valence electrons. The van der Waals surface area contributed by atoms with Gasteiger partial charge in [0.2, 0.25) is 0 Å². The molecule has 0 spiro atoms. The number of alkyl halides is 3. The summed E-state index contributed by atoms with van der Waals surface area (Å²) in [4.78, 5) is 0. The second kappa shape index (κ2) is 5.91. The quantitative estimate of drug-likeness (QED) is 0.652. The first-order valence-corrected chi connectivity index (χ1v) is 5.91. The summed E-state index contributed by atoms with van der Waals surface area (Å²) in [7, 11) is 0. The van der Waals surface area contributed by atoms with E-state index in [9.17, 15) is 22.8 Å². The molecule has 0 fully saturated rings. The minimum Gasteiger partial charge on any atom is -0.761 e. The zero-order valence-electron chi connectivity index (χ0n) is 10.8. The van der Waals surface area contributed by atoms with E-state index in [-0.39, 0.29) is 22.6 Å². The summed E-state index contributed by atoms with van der Waals surface area (Å²) in [6, 6.07) is 7.43. The summed E-state index contributed by atoms with van der Waals surface area (Å²) in [5.41, 5.74) is 0.363. The minimum atomic E-state index is -4.57. The summed E-state index contributed by atoms with van der Waals surface area (Å²) in [6.45, 7) is 0. The zero-order chi connectivity index (χ0) is 16.3. The molecule has 0 aliphatic heterocycles. The van der Waals surface area contributed by atoms with Crippen LogP contribution in [0.2, 0.25) is 0 Å². The first kappa shape index (κ1) is 15.6. The molecule has 0 atom stereocenters. The SMILES string of the molecule is N#Cc1cc(C(F)(F)F)ccc1Nc1ccc(F)cc1N[O-]. The van der Waals surface area contributed by atoms with Crippen molar-refractivity contribution in [3.8, 4) is 6.07 Å². The molecule has 2 N–H and O–H groups in total. The maximum atomic E-state index is 13.0. The van der Waals surface area contributed by atoms with Crippen LogP contribution in [0.3, 0.4) is 0 Å². The van der Waals surface area contributed by atoms with Gasteiger partial charge in [0.25, 0.3) is 0 Å². The van der Waals surface area contributed by atoms with Crippen molar-refractivity contribution in [2.75, 3.05) is 10.8 Å². The van der Waals surface area contributed by atoms with E-state index in [0.29, 0.717) is 6.07 Å². The lowest BCUT2D eigenvalue weighted by Crippen LogP contribution is -2.06. The first-order chi connectivity index (χ1) is 10.3. The molecule has 0 unspecified atom stereocenters. The number of benzene rings is 2. The Bertz CT molecular complexity index is 738. The van der Waals surface area contributed by atoms with Gasteiger partial charge in [0.15, 0.2) is 0 Å². The van der Waals surface area contributed by atoms with Crippen molar-refractivity contribution in [3.05, 3.63) is 58.5 Å². The van der Waals surface area contributed by atoms with Crippen molar-refractivity contribution in [2.24, 2.45) is 0 Å². The van der Waals surface area contributed by atoms with Gasteiger partial charge in [-0.1, -0.05) is 0 Å². The van der Waals surface area contributed by atoms with Crippen LogP contribution in [-0.4, -0.2) is 0 Å². The van der Waals surface area contributed by atoms with Crippen LogP contribution in [0.5, 0.6) is 0 Å². The normalized spacial score (nSPS) is 10.9. The van der Waals surface area contributed by atoms with Gasteiger partial charge >= 0.3 is 6.18 Å². The largest absolute Gasteiger partial charge is 0.761 e. The summed E-state index contributed by atoms with van der Waals surface area (Å²) in [5, 5.41) is 22.4. The minimum absolute atomic E-state index is 0.0682. The number of nitriles is 1. The van der Waals surface area contributed by atoms with Crippen molar-refractivity contribution in [1.29, 1.82) is 5.26 Å². The number of rotatable bonds is 3. The fourth-order valence-electron chi connectivity index (χ4n) is 1.78. The van der Waals surface area contributed by atoms with Crippen molar-refractivity contribution in [1.82, 2.24) is 0 Å².